The largest absolute Gasteiger partial charge is 0.352 e. The number of hydrogen-bond donors (Lipinski definition) is 2. The topological polar surface area (TPSA) is 62.2 Å². The smallest absolute Gasteiger partial charge is 0.226 e. The fraction of sp³-hybridized carbons (Fsp3) is 0.207. The molecule has 38 heavy (non-hydrogen) atoms. The molecule has 0 bridgehead atoms. The van der Waals surface area contributed by atoms with Crippen LogP contribution in [0.3, 0.4) is 0 Å². The number of benzene rings is 2. The van der Waals surface area contributed by atoms with Gasteiger partial charge in [-0.1, -0.05) is 29.8 Å². The Balaban J connectivity index is 1.45. The molecule has 2 aromatic heterocycles. The molecule has 194 valence electrons. The van der Waals surface area contributed by atoms with E-state index in [1.54, 1.807) is 18.3 Å². The van der Waals surface area contributed by atoms with Crippen molar-refractivity contribution >= 4 is 40.5 Å². The van der Waals surface area contributed by atoms with Crippen LogP contribution in [0.4, 0.5) is 10.1 Å². The van der Waals surface area contributed by atoms with E-state index in [1.165, 1.54) is 6.07 Å². The third kappa shape index (κ3) is 5.28. The Hall–Kier alpha value is -3.75. The van der Waals surface area contributed by atoms with Gasteiger partial charge in [-0.25, -0.2) is 4.39 Å². The van der Waals surface area contributed by atoms with Crippen molar-refractivity contribution < 1.29 is 9.18 Å². The molecule has 2 N–H and O–H groups in total. The maximum absolute atomic E-state index is 13.9. The van der Waals surface area contributed by atoms with E-state index in [0.29, 0.717) is 11.7 Å². The van der Waals surface area contributed by atoms with Crippen LogP contribution in [0.5, 0.6) is 0 Å². The molecule has 1 amide bonds. The molecule has 3 heterocycles. The first-order valence-corrected chi connectivity index (χ1v) is 13.1. The van der Waals surface area contributed by atoms with Gasteiger partial charge in [0.1, 0.15) is 5.82 Å². The molecule has 0 aliphatic carbocycles. The Morgan fingerprint density at radius 1 is 1.13 bits per heavy atom. The molecule has 1 fully saturated rings. The highest BCUT2D eigenvalue weighted by Gasteiger charge is 2.41. The Bertz CT molecular complexity index is 1490. The van der Waals surface area contributed by atoms with Crippen molar-refractivity contribution in [1.82, 2.24) is 19.8 Å². The van der Waals surface area contributed by atoms with Crippen molar-refractivity contribution in [2.24, 2.45) is 0 Å². The predicted molar refractivity (Wildman–Crippen MR) is 152 cm³/mol. The lowest BCUT2D eigenvalue weighted by Crippen LogP contribution is -2.33. The Morgan fingerprint density at radius 2 is 1.97 bits per heavy atom. The summed E-state index contributed by atoms with van der Waals surface area (Å²) in [6, 6.07) is 19.8. The number of rotatable bonds is 7. The van der Waals surface area contributed by atoms with Gasteiger partial charge in [-0.2, -0.15) is 0 Å². The second-order valence-corrected chi connectivity index (χ2v) is 10.1. The van der Waals surface area contributed by atoms with Crippen molar-refractivity contribution in [3.63, 3.8) is 0 Å². The summed E-state index contributed by atoms with van der Waals surface area (Å²) in [5, 5.41) is 7.03. The summed E-state index contributed by atoms with van der Waals surface area (Å²) in [6.45, 7) is 4.36. The lowest BCUT2D eigenvalue weighted by atomic mass is 10.0. The van der Waals surface area contributed by atoms with Gasteiger partial charge in [0.2, 0.25) is 5.91 Å². The Labute approximate surface area is 231 Å². The van der Waals surface area contributed by atoms with E-state index in [4.69, 9.17) is 23.8 Å². The fourth-order valence-corrected chi connectivity index (χ4v) is 5.28. The number of hydrogen-bond acceptors (Lipinski definition) is 3. The van der Waals surface area contributed by atoms with E-state index < -0.39 is 5.82 Å². The van der Waals surface area contributed by atoms with Crippen molar-refractivity contribution in [2.45, 2.75) is 32.4 Å². The quantitative estimate of drug-likeness (QED) is 0.267. The summed E-state index contributed by atoms with van der Waals surface area (Å²) in [7, 11) is 0. The number of thiocarbonyl (C=S) groups is 1. The van der Waals surface area contributed by atoms with Gasteiger partial charge in [0.05, 0.1) is 22.8 Å². The van der Waals surface area contributed by atoms with Crippen LogP contribution in [-0.4, -0.2) is 32.0 Å². The van der Waals surface area contributed by atoms with Crippen LogP contribution >= 0.6 is 23.8 Å². The molecular weight excluding hydrogens is 521 g/mol. The zero-order chi connectivity index (χ0) is 26.8. The second kappa shape index (κ2) is 10.9. The van der Waals surface area contributed by atoms with E-state index in [2.05, 4.69) is 15.6 Å². The number of nitrogens with zero attached hydrogens (tertiary/aromatic N) is 3. The van der Waals surface area contributed by atoms with Crippen molar-refractivity contribution in [2.75, 3.05) is 11.9 Å². The number of pyridine rings is 1. The molecule has 0 radical (unpaired) electrons. The standard InChI is InChI=1S/C29H27ClFN5OS/c1-18-8-9-19(2)24(16-18)33-26(37)12-15-36-28(27(34-29(36)38)23-6-3-4-13-32-23)25-7-5-14-35(25)20-10-11-22(31)21(30)17-20/h3-11,13-14,16-17,27-28H,12,15H2,1-2H3,(H,33,37)(H,34,38)/t27-,28+/m0/s1. The minimum atomic E-state index is -0.476. The number of nitrogens with one attached hydrogen (secondary N) is 2. The molecule has 1 aliphatic heterocycles. The summed E-state index contributed by atoms with van der Waals surface area (Å²) < 4.78 is 15.9. The average Bonchev–Trinajstić information content (AvgIpc) is 3.51. The maximum atomic E-state index is 13.9. The SMILES string of the molecule is Cc1ccc(C)c(NC(=O)CCN2C(=S)N[C@@H](c3ccccn3)[C@H]2c2cccn2-c2ccc(F)c(Cl)c2)c1. The van der Waals surface area contributed by atoms with Crippen LogP contribution in [0.15, 0.2) is 79.1 Å². The molecule has 2 atom stereocenters. The molecule has 5 rings (SSSR count). The molecule has 6 nitrogen and oxygen atoms in total. The van der Waals surface area contributed by atoms with E-state index in [1.807, 2.05) is 78.0 Å². The van der Waals surface area contributed by atoms with Crippen LogP contribution in [0.25, 0.3) is 5.69 Å². The highest BCUT2D eigenvalue weighted by atomic mass is 35.5. The van der Waals surface area contributed by atoms with Crippen LogP contribution < -0.4 is 10.6 Å². The van der Waals surface area contributed by atoms with Crippen molar-refractivity contribution in [3.8, 4) is 5.69 Å². The highest BCUT2D eigenvalue weighted by Crippen LogP contribution is 2.40. The minimum Gasteiger partial charge on any atom is -0.352 e. The van der Waals surface area contributed by atoms with E-state index >= 15 is 0 Å². The number of carbonyl (C=O) groups is 1. The lowest BCUT2D eigenvalue weighted by molar-refractivity contribution is -0.116. The van der Waals surface area contributed by atoms with Crippen molar-refractivity contribution in [1.29, 1.82) is 0 Å². The summed E-state index contributed by atoms with van der Waals surface area (Å²) in [5.41, 5.74) is 5.35. The second-order valence-electron chi connectivity index (χ2n) is 9.34. The molecule has 9 heteroatoms. The van der Waals surface area contributed by atoms with Gasteiger partial charge in [-0.3, -0.25) is 9.78 Å². The summed E-state index contributed by atoms with van der Waals surface area (Å²) >= 11 is 11.9. The van der Waals surface area contributed by atoms with E-state index in [9.17, 15) is 9.18 Å². The Morgan fingerprint density at radius 3 is 2.74 bits per heavy atom. The lowest BCUT2D eigenvalue weighted by Gasteiger charge is -2.29. The minimum absolute atomic E-state index is 0.0449. The van der Waals surface area contributed by atoms with Crippen LogP contribution in [0.1, 0.15) is 41.0 Å². The molecule has 1 saturated heterocycles. The third-order valence-corrected chi connectivity index (χ3v) is 7.35. The third-order valence-electron chi connectivity index (χ3n) is 6.71. The van der Waals surface area contributed by atoms with Crippen LogP contribution in [-0.2, 0) is 4.79 Å². The molecule has 4 aromatic rings. The van der Waals surface area contributed by atoms with Gasteiger partial charge in [-0.15, -0.1) is 0 Å². The monoisotopic (exact) mass is 547 g/mol. The van der Waals surface area contributed by atoms with Crippen LogP contribution in [0.2, 0.25) is 5.02 Å². The average molecular weight is 548 g/mol. The highest BCUT2D eigenvalue weighted by molar-refractivity contribution is 7.80. The molecule has 2 aromatic carbocycles. The molecule has 0 saturated carbocycles. The van der Waals surface area contributed by atoms with Crippen LogP contribution in [0, 0.1) is 19.7 Å². The van der Waals surface area contributed by atoms with E-state index in [-0.39, 0.29) is 29.4 Å². The van der Waals surface area contributed by atoms with E-state index in [0.717, 1.165) is 33.9 Å². The first kappa shape index (κ1) is 25.9. The number of halogens is 2. The number of aromatic nitrogens is 2. The van der Waals surface area contributed by atoms with Gasteiger partial charge in [0, 0.05) is 42.4 Å². The summed E-state index contributed by atoms with van der Waals surface area (Å²) in [5.74, 6) is -0.571. The summed E-state index contributed by atoms with van der Waals surface area (Å²) in [6.07, 6.45) is 3.89. The van der Waals surface area contributed by atoms with Gasteiger partial charge in [-0.05, 0) is 85.7 Å². The maximum Gasteiger partial charge on any atom is 0.226 e. The number of aryl methyl sites for hydroxylation is 2. The van der Waals surface area contributed by atoms with Crippen molar-refractivity contribution in [3.05, 3.63) is 112 Å². The van der Waals surface area contributed by atoms with Gasteiger partial charge in [0.25, 0.3) is 0 Å². The van der Waals surface area contributed by atoms with Gasteiger partial charge >= 0.3 is 0 Å². The summed E-state index contributed by atoms with van der Waals surface area (Å²) in [4.78, 5) is 19.6. The first-order chi connectivity index (χ1) is 18.3. The first-order valence-electron chi connectivity index (χ1n) is 12.3. The van der Waals surface area contributed by atoms with Gasteiger partial charge in [0.15, 0.2) is 5.11 Å². The number of anilines is 1. The number of carbonyl (C=O) groups excluding carboxylic acids is 1. The molecule has 0 spiro atoms. The zero-order valence-electron chi connectivity index (χ0n) is 21.0. The molecule has 1 aliphatic rings. The Kier molecular flexibility index (Phi) is 7.44. The number of amides is 1. The normalized spacial score (nSPS) is 16.9. The fourth-order valence-electron chi connectivity index (χ4n) is 4.78. The zero-order valence-corrected chi connectivity index (χ0v) is 22.6. The molecule has 0 unspecified atom stereocenters. The van der Waals surface area contributed by atoms with Gasteiger partial charge < -0.3 is 20.1 Å². The predicted octanol–water partition coefficient (Wildman–Crippen LogP) is 6.28. The molecular formula is C29H27ClFN5OS.